The number of benzene rings is 1. The summed E-state index contributed by atoms with van der Waals surface area (Å²) in [6, 6.07) is 4.54. The first-order valence-electron chi connectivity index (χ1n) is 9.18. The molecule has 4 heteroatoms. The maximum Gasteiger partial charge on any atom is 0.157 e. The van der Waals surface area contributed by atoms with Gasteiger partial charge in [0.05, 0.1) is 6.10 Å². The van der Waals surface area contributed by atoms with E-state index in [9.17, 15) is 20.1 Å². The van der Waals surface area contributed by atoms with Crippen LogP contribution >= 0.6 is 0 Å². The molecule has 0 aliphatic heterocycles. The van der Waals surface area contributed by atoms with E-state index < -0.39 is 6.10 Å². The van der Waals surface area contributed by atoms with Crippen molar-refractivity contribution in [1.29, 1.82) is 0 Å². The molecule has 3 fully saturated rings. The summed E-state index contributed by atoms with van der Waals surface area (Å²) in [5, 5.41) is 29.3. The smallest absolute Gasteiger partial charge is 0.157 e. The number of Topliss-reactive ketones (excluding diaryl/α,β-unsaturated/α-hetero) is 1. The Balaban J connectivity index is 1.43. The number of aliphatic hydroxyl groups is 1. The van der Waals surface area contributed by atoms with E-state index in [1.807, 2.05) is 0 Å². The lowest BCUT2D eigenvalue weighted by atomic mass is 9.62. The van der Waals surface area contributed by atoms with Crippen LogP contribution in [0.2, 0.25) is 0 Å². The Morgan fingerprint density at radius 2 is 1.96 bits per heavy atom. The van der Waals surface area contributed by atoms with E-state index in [1.54, 1.807) is 6.07 Å². The molecule has 130 valence electrons. The first-order valence-corrected chi connectivity index (χ1v) is 9.18. The average Bonchev–Trinajstić information content (AvgIpc) is 2.70. The van der Waals surface area contributed by atoms with Gasteiger partial charge in [-0.15, -0.1) is 0 Å². The number of fused-ring (bicyclic) bond motifs is 2. The second-order valence-corrected chi connectivity index (χ2v) is 8.34. The lowest BCUT2D eigenvalue weighted by molar-refractivity contribution is -0.135. The van der Waals surface area contributed by atoms with Crippen LogP contribution in [0.15, 0.2) is 18.2 Å². The van der Waals surface area contributed by atoms with Crippen LogP contribution in [0.25, 0.3) is 0 Å². The summed E-state index contributed by atoms with van der Waals surface area (Å²) in [4.78, 5) is 13.0. The molecule has 3 bridgehead atoms. The molecule has 3 aliphatic rings. The third-order valence-electron chi connectivity index (χ3n) is 6.82. The Morgan fingerprint density at radius 1 is 1.17 bits per heavy atom. The highest BCUT2D eigenvalue weighted by Gasteiger charge is 2.57. The maximum absolute atomic E-state index is 13.0. The van der Waals surface area contributed by atoms with Crippen molar-refractivity contribution in [3.05, 3.63) is 23.8 Å². The standard InChI is InChI=1S/C20H26O4/c21-16(8-12-1-2-17(22)18(23)9-12)10-19(24)20-4-3-13-5-14(11-20)7-15(20)6-13/h1-2,9,13-16,21-23H,3-8,10-11H2. The van der Waals surface area contributed by atoms with Gasteiger partial charge < -0.3 is 15.3 Å². The van der Waals surface area contributed by atoms with E-state index in [4.69, 9.17) is 0 Å². The van der Waals surface area contributed by atoms with Crippen LogP contribution in [0.3, 0.4) is 0 Å². The van der Waals surface area contributed by atoms with E-state index in [0.29, 0.717) is 12.3 Å². The lowest BCUT2D eigenvalue weighted by Crippen LogP contribution is -2.40. The quantitative estimate of drug-likeness (QED) is 0.725. The molecule has 3 N–H and O–H groups in total. The monoisotopic (exact) mass is 330 g/mol. The van der Waals surface area contributed by atoms with Gasteiger partial charge in [0.1, 0.15) is 5.78 Å². The molecule has 0 aromatic heterocycles. The Kier molecular flexibility index (Phi) is 3.83. The van der Waals surface area contributed by atoms with E-state index in [2.05, 4.69) is 0 Å². The van der Waals surface area contributed by atoms with Crippen molar-refractivity contribution in [1.82, 2.24) is 0 Å². The predicted molar refractivity (Wildman–Crippen MR) is 89.7 cm³/mol. The third-order valence-corrected chi connectivity index (χ3v) is 6.82. The van der Waals surface area contributed by atoms with Crippen molar-refractivity contribution in [2.24, 2.45) is 23.2 Å². The number of phenolic OH excluding ortho intramolecular Hbond substituents is 2. The van der Waals surface area contributed by atoms with Crippen LogP contribution in [-0.2, 0) is 11.2 Å². The van der Waals surface area contributed by atoms with Gasteiger partial charge in [0, 0.05) is 11.8 Å². The van der Waals surface area contributed by atoms with Gasteiger partial charge in [-0.2, -0.15) is 0 Å². The van der Waals surface area contributed by atoms with Crippen molar-refractivity contribution < 1.29 is 20.1 Å². The van der Waals surface area contributed by atoms with Crippen LogP contribution in [-0.4, -0.2) is 27.2 Å². The SMILES string of the molecule is O=C(CC(O)Cc1ccc(O)c(O)c1)C12CCC3CC(CC1C3)C2. The predicted octanol–water partition coefficient (Wildman–Crippen LogP) is 3.18. The third kappa shape index (κ3) is 2.61. The van der Waals surface area contributed by atoms with E-state index in [0.717, 1.165) is 30.2 Å². The molecule has 4 rings (SSSR count). The minimum Gasteiger partial charge on any atom is -0.504 e. The van der Waals surface area contributed by atoms with Crippen molar-refractivity contribution in [3.63, 3.8) is 0 Å². The summed E-state index contributed by atoms with van der Waals surface area (Å²) in [5.74, 6) is 2.01. The van der Waals surface area contributed by atoms with Crippen LogP contribution in [0.5, 0.6) is 11.5 Å². The lowest BCUT2D eigenvalue weighted by Gasteiger charge is -2.41. The molecule has 5 unspecified atom stereocenters. The number of carbonyl (C=O) groups is 1. The molecule has 0 heterocycles. The topological polar surface area (TPSA) is 77.8 Å². The van der Waals surface area contributed by atoms with Gasteiger partial charge in [0.2, 0.25) is 0 Å². The van der Waals surface area contributed by atoms with Gasteiger partial charge in [-0.25, -0.2) is 0 Å². The highest BCUT2D eigenvalue weighted by atomic mass is 16.3. The molecule has 1 aromatic rings. The number of aromatic hydroxyl groups is 2. The Bertz CT molecular complexity index is 655. The molecule has 3 aliphatic carbocycles. The molecule has 5 atom stereocenters. The highest BCUT2D eigenvalue weighted by Crippen LogP contribution is 2.62. The number of aliphatic hydroxyl groups excluding tert-OH is 1. The summed E-state index contributed by atoms with van der Waals surface area (Å²) >= 11 is 0. The normalized spacial score (nSPS) is 35.1. The fraction of sp³-hybridized carbons (Fsp3) is 0.650. The van der Waals surface area contributed by atoms with Crippen LogP contribution in [0.1, 0.15) is 50.5 Å². The van der Waals surface area contributed by atoms with Crippen molar-refractivity contribution in [2.75, 3.05) is 0 Å². The molecule has 0 spiro atoms. The Morgan fingerprint density at radius 3 is 2.75 bits per heavy atom. The minimum absolute atomic E-state index is 0.157. The summed E-state index contributed by atoms with van der Waals surface area (Å²) in [7, 11) is 0. The Labute approximate surface area is 142 Å². The largest absolute Gasteiger partial charge is 0.504 e. The van der Waals surface area contributed by atoms with Crippen molar-refractivity contribution in [3.8, 4) is 11.5 Å². The summed E-state index contributed by atoms with van der Waals surface area (Å²) in [6.07, 6.45) is 6.77. The second-order valence-electron chi connectivity index (χ2n) is 8.34. The van der Waals surface area contributed by atoms with Crippen molar-refractivity contribution in [2.45, 2.75) is 57.5 Å². The van der Waals surface area contributed by atoms with Gasteiger partial charge in [-0.05, 0) is 80.4 Å². The number of phenols is 2. The maximum atomic E-state index is 13.0. The second kappa shape index (κ2) is 5.76. The number of ketones is 1. The first kappa shape index (κ1) is 15.9. The molecule has 1 aromatic carbocycles. The number of hydrogen-bond donors (Lipinski definition) is 3. The summed E-state index contributed by atoms with van der Waals surface area (Å²) < 4.78 is 0. The van der Waals surface area contributed by atoms with E-state index in [-0.39, 0.29) is 29.1 Å². The molecule has 0 saturated heterocycles. The van der Waals surface area contributed by atoms with E-state index >= 15 is 0 Å². The van der Waals surface area contributed by atoms with Crippen LogP contribution in [0.4, 0.5) is 0 Å². The van der Waals surface area contributed by atoms with Gasteiger partial charge in [0.15, 0.2) is 11.5 Å². The molecular formula is C20H26O4. The van der Waals surface area contributed by atoms with Gasteiger partial charge in [-0.3, -0.25) is 4.79 Å². The van der Waals surface area contributed by atoms with Crippen LogP contribution in [0, 0.1) is 23.2 Å². The fourth-order valence-electron chi connectivity index (χ4n) is 5.81. The Hall–Kier alpha value is -1.55. The molecule has 0 radical (unpaired) electrons. The fourth-order valence-corrected chi connectivity index (χ4v) is 5.81. The minimum atomic E-state index is -0.728. The summed E-state index contributed by atoms with van der Waals surface area (Å²) in [6.45, 7) is 0. The van der Waals surface area contributed by atoms with Gasteiger partial charge in [0.25, 0.3) is 0 Å². The zero-order valence-electron chi connectivity index (χ0n) is 13.9. The summed E-state index contributed by atoms with van der Waals surface area (Å²) in [5.41, 5.74) is 0.576. The highest BCUT2D eigenvalue weighted by molar-refractivity contribution is 5.86. The first-order chi connectivity index (χ1) is 11.5. The molecule has 3 saturated carbocycles. The number of hydrogen-bond acceptors (Lipinski definition) is 4. The van der Waals surface area contributed by atoms with Crippen molar-refractivity contribution >= 4 is 5.78 Å². The molecule has 24 heavy (non-hydrogen) atoms. The molecule has 4 nitrogen and oxygen atoms in total. The molecular weight excluding hydrogens is 304 g/mol. The molecule has 0 amide bonds. The number of rotatable bonds is 5. The van der Waals surface area contributed by atoms with Gasteiger partial charge in [-0.1, -0.05) is 6.07 Å². The zero-order chi connectivity index (χ0) is 16.9. The van der Waals surface area contributed by atoms with Gasteiger partial charge >= 0.3 is 0 Å². The number of carbonyl (C=O) groups excluding carboxylic acids is 1. The van der Waals surface area contributed by atoms with E-state index in [1.165, 1.54) is 37.8 Å². The zero-order valence-corrected chi connectivity index (χ0v) is 13.9. The average molecular weight is 330 g/mol. The van der Waals surface area contributed by atoms with Crippen LogP contribution < -0.4 is 0 Å².